The van der Waals surface area contributed by atoms with Crippen LogP contribution < -0.4 is 10.1 Å². The van der Waals surface area contributed by atoms with Crippen molar-refractivity contribution < 1.29 is 35.9 Å². The fourth-order valence-corrected chi connectivity index (χ4v) is 4.14. The number of nitrogens with zero attached hydrogens (tertiary/aromatic N) is 2. The molecule has 5 rings (SSSR count). The standard InChI is InChI=1S/C28H20F5N3O3/c1-14-27(15(2)36(35-14)12-20-22(29)24(31)26(33)25(32)23(20)30)34-28(37)21-10-9-19(39-21)13-38-18-8-7-16-5-3-4-6-17(16)11-18/h3-11H,12-13H2,1-2H3,(H,34,37). The number of fused-ring (bicyclic) bond motifs is 1. The molecule has 200 valence electrons. The highest BCUT2D eigenvalue weighted by molar-refractivity contribution is 6.03. The number of furan rings is 1. The summed E-state index contributed by atoms with van der Waals surface area (Å²) in [5.74, 6) is -9.86. The zero-order valence-electron chi connectivity index (χ0n) is 20.6. The molecule has 11 heteroatoms. The van der Waals surface area contributed by atoms with Gasteiger partial charge >= 0.3 is 0 Å². The molecule has 0 saturated heterocycles. The normalized spacial score (nSPS) is 11.3. The van der Waals surface area contributed by atoms with Gasteiger partial charge in [-0.25, -0.2) is 22.0 Å². The molecule has 0 aliphatic rings. The molecule has 0 unspecified atom stereocenters. The van der Waals surface area contributed by atoms with Gasteiger partial charge in [-0.15, -0.1) is 0 Å². The van der Waals surface area contributed by atoms with E-state index >= 15 is 0 Å². The van der Waals surface area contributed by atoms with E-state index < -0.39 is 47.1 Å². The molecule has 6 nitrogen and oxygen atoms in total. The van der Waals surface area contributed by atoms with Gasteiger partial charge in [-0.1, -0.05) is 30.3 Å². The van der Waals surface area contributed by atoms with Gasteiger partial charge in [0.1, 0.15) is 18.1 Å². The molecule has 0 bridgehead atoms. The van der Waals surface area contributed by atoms with Crippen LogP contribution in [-0.4, -0.2) is 15.7 Å². The van der Waals surface area contributed by atoms with Crippen molar-refractivity contribution in [2.45, 2.75) is 27.0 Å². The summed E-state index contributed by atoms with van der Waals surface area (Å²) in [6.45, 7) is 2.32. The van der Waals surface area contributed by atoms with Crippen LogP contribution in [0.1, 0.15) is 33.3 Å². The maximum atomic E-state index is 14.1. The summed E-state index contributed by atoms with van der Waals surface area (Å²) < 4.78 is 81.3. The van der Waals surface area contributed by atoms with E-state index in [1.54, 1.807) is 6.07 Å². The number of carbonyl (C=O) groups is 1. The number of amides is 1. The Morgan fingerprint density at radius 2 is 1.56 bits per heavy atom. The van der Waals surface area contributed by atoms with E-state index in [0.717, 1.165) is 15.5 Å². The monoisotopic (exact) mass is 541 g/mol. The van der Waals surface area contributed by atoms with Crippen LogP contribution in [0.2, 0.25) is 0 Å². The van der Waals surface area contributed by atoms with E-state index in [4.69, 9.17) is 9.15 Å². The molecular formula is C28H20F5N3O3. The molecule has 0 radical (unpaired) electrons. The van der Waals surface area contributed by atoms with Crippen LogP contribution in [-0.2, 0) is 13.2 Å². The molecule has 0 aliphatic carbocycles. The molecule has 0 fully saturated rings. The van der Waals surface area contributed by atoms with E-state index in [2.05, 4.69) is 10.4 Å². The molecule has 1 N–H and O–H groups in total. The quantitative estimate of drug-likeness (QED) is 0.139. The highest BCUT2D eigenvalue weighted by Crippen LogP contribution is 2.27. The first-order valence-corrected chi connectivity index (χ1v) is 11.7. The van der Waals surface area contributed by atoms with Crippen molar-refractivity contribution in [3.05, 3.63) is 112 Å². The van der Waals surface area contributed by atoms with Gasteiger partial charge < -0.3 is 14.5 Å². The first kappa shape index (κ1) is 26.0. The van der Waals surface area contributed by atoms with Crippen molar-refractivity contribution in [1.82, 2.24) is 9.78 Å². The maximum absolute atomic E-state index is 14.1. The number of rotatable bonds is 7. The van der Waals surface area contributed by atoms with Gasteiger partial charge in [0.25, 0.3) is 5.91 Å². The van der Waals surface area contributed by atoms with Crippen molar-refractivity contribution in [2.75, 3.05) is 5.32 Å². The molecule has 0 aliphatic heterocycles. The lowest BCUT2D eigenvalue weighted by molar-refractivity contribution is 0.0992. The van der Waals surface area contributed by atoms with Gasteiger partial charge in [0.2, 0.25) is 5.82 Å². The van der Waals surface area contributed by atoms with Crippen LogP contribution in [0.25, 0.3) is 10.8 Å². The number of aryl methyl sites for hydroxylation is 1. The number of ether oxygens (including phenoxy) is 1. The van der Waals surface area contributed by atoms with Gasteiger partial charge in [-0.3, -0.25) is 9.48 Å². The smallest absolute Gasteiger partial charge is 0.291 e. The second-order valence-corrected chi connectivity index (χ2v) is 8.77. The topological polar surface area (TPSA) is 69.3 Å². The number of hydrogen-bond acceptors (Lipinski definition) is 4. The number of hydrogen-bond donors (Lipinski definition) is 1. The van der Waals surface area contributed by atoms with E-state index in [1.165, 1.54) is 19.9 Å². The van der Waals surface area contributed by atoms with Crippen LogP contribution in [0, 0.1) is 42.9 Å². The lowest BCUT2D eigenvalue weighted by Crippen LogP contribution is -2.14. The molecular weight excluding hydrogens is 521 g/mol. The lowest BCUT2D eigenvalue weighted by Gasteiger charge is -2.10. The summed E-state index contributed by atoms with van der Waals surface area (Å²) in [7, 11) is 0. The fraction of sp³-hybridized carbons (Fsp3) is 0.143. The fourth-order valence-electron chi connectivity index (χ4n) is 4.14. The second-order valence-electron chi connectivity index (χ2n) is 8.77. The highest BCUT2D eigenvalue weighted by atomic mass is 19.2. The summed E-state index contributed by atoms with van der Waals surface area (Å²) in [6.07, 6.45) is 0. The third kappa shape index (κ3) is 4.95. The number of nitrogens with one attached hydrogen (secondary N) is 1. The van der Waals surface area contributed by atoms with Gasteiger partial charge in [0.05, 0.1) is 29.2 Å². The van der Waals surface area contributed by atoms with Crippen molar-refractivity contribution in [3.8, 4) is 5.75 Å². The second kappa shape index (κ2) is 10.2. The van der Waals surface area contributed by atoms with Crippen LogP contribution in [0.3, 0.4) is 0 Å². The predicted molar refractivity (Wildman–Crippen MR) is 132 cm³/mol. The SMILES string of the molecule is Cc1nn(Cc2c(F)c(F)c(F)c(F)c2F)c(C)c1NC(=O)c1ccc(COc2ccc3ccccc3c2)o1. The zero-order valence-corrected chi connectivity index (χ0v) is 20.6. The molecule has 0 saturated carbocycles. The van der Waals surface area contributed by atoms with Gasteiger partial charge in [-0.05, 0) is 48.9 Å². The Bertz CT molecular complexity index is 1700. The minimum atomic E-state index is -2.24. The molecule has 3 aromatic carbocycles. The molecule has 0 atom stereocenters. The maximum Gasteiger partial charge on any atom is 0.291 e. The highest BCUT2D eigenvalue weighted by Gasteiger charge is 2.27. The Labute approximate surface area is 218 Å². The Kier molecular flexibility index (Phi) is 6.81. The minimum Gasteiger partial charge on any atom is -0.486 e. The number of aromatic nitrogens is 2. The minimum absolute atomic E-state index is 0.0292. The Balaban J connectivity index is 1.28. The molecule has 39 heavy (non-hydrogen) atoms. The number of anilines is 1. The van der Waals surface area contributed by atoms with Crippen molar-refractivity contribution in [3.63, 3.8) is 0 Å². The summed E-state index contributed by atoms with van der Waals surface area (Å²) in [4.78, 5) is 12.8. The van der Waals surface area contributed by atoms with Crippen LogP contribution >= 0.6 is 0 Å². The Hall–Kier alpha value is -4.67. The summed E-state index contributed by atoms with van der Waals surface area (Å²) in [5, 5.41) is 8.79. The zero-order chi connectivity index (χ0) is 27.8. The molecule has 2 heterocycles. The van der Waals surface area contributed by atoms with Crippen molar-refractivity contribution >= 4 is 22.4 Å². The average Bonchev–Trinajstić information content (AvgIpc) is 3.52. The van der Waals surface area contributed by atoms with Crippen molar-refractivity contribution in [2.24, 2.45) is 0 Å². The average molecular weight is 541 g/mol. The number of halogens is 5. The predicted octanol–water partition coefficient (Wildman–Crippen LogP) is 6.82. The molecule has 2 aromatic heterocycles. The Morgan fingerprint density at radius 1 is 0.897 bits per heavy atom. The van der Waals surface area contributed by atoms with E-state index in [1.807, 2.05) is 42.5 Å². The van der Waals surface area contributed by atoms with Gasteiger partial charge in [-0.2, -0.15) is 5.10 Å². The summed E-state index contributed by atoms with van der Waals surface area (Å²) in [6, 6.07) is 16.5. The van der Waals surface area contributed by atoms with Crippen LogP contribution in [0.4, 0.5) is 27.6 Å². The van der Waals surface area contributed by atoms with E-state index in [0.29, 0.717) is 11.5 Å². The molecule has 5 aromatic rings. The number of carbonyl (C=O) groups excluding carboxylic acids is 1. The van der Waals surface area contributed by atoms with Crippen LogP contribution in [0.15, 0.2) is 59.0 Å². The third-order valence-corrected chi connectivity index (χ3v) is 6.22. The first-order valence-electron chi connectivity index (χ1n) is 11.7. The summed E-state index contributed by atoms with van der Waals surface area (Å²) in [5.41, 5.74) is -0.349. The molecule has 0 spiro atoms. The van der Waals surface area contributed by atoms with E-state index in [9.17, 15) is 26.7 Å². The van der Waals surface area contributed by atoms with Gasteiger partial charge in [0.15, 0.2) is 29.0 Å². The third-order valence-electron chi connectivity index (χ3n) is 6.22. The lowest BCUT2D eigenvalue weighted by atomic mass is 10.1. The number of benzene rings is 3. The largest absolute Gasteiger partial charge is 0.486 e. The van der Waals surface area contributed by atoms with E-state index in [-0.39, 0.29) is 29.4 Å². The van der Waals surface area contributed by atoms with Crippen LogP contribution in [0.5, 0.6) is 5.75 Å². The van der Waals surface area contributed by atoms with Crippen molar-refractivity contribution in [1.29, 1.82) is 0 Å². The first-order chi connectivity index (χ1) is 18.6. The Morgan fingerprint density at radius 3 is 2.28 bits per heavy atom. The van der Waals surface area contributed by atoms with Gasteiger partial charge in [0, 0.05) is 0 Å². The summed E-state index contributed by atoms with van der Waals surface area (Å²) >= 11 is 0. The molecule has 1 amide bonds.